The van der Waals surface area contributed by atoms with Gasteiger partial charge in [-0.3, -0.25) is 15.1 Å². The summed E-state index contributed by atoms with van der Waals surface area (Å²) in [6, 6.07) is 12.4. The molecule has 0 fully saturated rings. The molecule has 0 saturated carbocycles. The lowest BCUT2D eigenvalue weighted by Gasteiger charge is -2.24. The molecule has 12 nitrogen and oxygen atoms in total. The SMILES string of the molecule is CN(Cc1cccnc1)c1ccc([N+](=O)[O-])cc1S(=O)(=O)N(N)C=Cc1cnn2ccc(C#N)cc12. The van der Waals surface area contributed by atoms with Crippen molar-refractivity contribution in [3.63, 3.8) is 0 Å². The first-order valence-corrected chi connectivity index (χ1v) is 11.9. The maximum Gasteiger partial charge on any atom is 0.279 e. The number of benzene rings is 1. The normalized spacial score (nSPS) is 11.5. The molecule has 0 spiro atoms. The summed E-state index contributed by atoms with van der Waals surface area (Å²) in [6.45, 7) is 0.304. The molecule has 0 aliphatic carbocycles. The van der Waals surface area contributed by atoms with E-state index in [9.17, 15) is 18.5 Å². The fourth-order valence-corrected chi connectivity index (χ4v) is 4.74. The Hall–Kier alpha value is -4.80. The van der Waals surface area contributed by atoms with E-state index in [4.69, 9.17) is 11.1 Å². The van der Waals surface area contributed by atoms with Gasteiger partial charge in [-0.25, -0.2) is 14.8 Å². The number of non-ortho nitro benzene ring substituents is 1. The molecule has 0 aliphatic rings. The van der Waals surface area contributed by atoms with E-state index in [1.54, 1.807) is 48.7 Å². The third-order valence-corrected chi connectivity index (χ3v) is 6.90. The molecule has 0 unspecified atom stereocenters. The molecule has 1 aromatic carbocycles. The van der Waals surface area contributed by atoms with E-state index in [0.717, 1.165) is 17.8 Å². The van der Waals surface area contributed by atoms with Crippen LogP contribution in [0.25, 0.3) is 11.6 Å². The monoisotopic (exact) mass is 504 g/mol. The average molecular weight is 505 g/mol. The number of rotatable bonds is 8. The summed E-state index contributed by atoms with van der Waals surface area (Å²) in [7, 11) is -2.74. The molecule has 0 radical (unpaired) electrons. The minimum atomic E-state index is -4.40. The number of hydrogen-bond acceptors (Lipinski definition) is 9. The van der Waals surface area contributed by atoms with E-state index >= 15 is 0 Å². The summed E-state index contributed by atoms with van der Waals surface area (Å²) in [5.74, 6) is 5.93. The van der Waals surface area contributed by atoms with Crippen LogP contribution in [0.1, 0.15) is 16.7 Å². The number of nitrogens with zero attached hydrogens (tertiary/aromatic N) is 7. The van der Waals surface area contributed by atoms with Crippen molar-refractivity contribution in [2.45, 2.75) is 11.4 Å². The van der Waals surface area contributed by atoms with Crippen molar-refractivity contribution < 1.29 is 13.3 Å². The summed E-state index contributed by atoms with van der Waals surface area (Å²) in [5.41, 5.74) is 2.15. The van der Waals surface area contributed by atoms with Gasteiger partial charge in [0.2, 0.25) is 0 Å². The van der Waals surface area contributed by atoms with Gasteiger partial charge in [0.1, 0.15) is 4.90 Å². The zero-order chi connectivity index (χ0) is 25.9. The molecular weight excluding hydrogens is 484 g/mol. The second-order valence-electron chi connectivity index (χ2n) is 7.73. The van der Waals surface area contributed by atoms with E-state index in [1.807, 2.05) is 12.1 Å². The second kappa shape index (κ2) is 9.82. The molecule has 3 heterocycles. The number of hydrogen-bond donors (Lipinski definition) is 1. The number of fused-ring (bicyclic) bond motifs is 1. The van der Waals surface area contributed by atoms with Crippen molar-refractivity contribution >= 4 is 33.0 Å². The van der Waals surface area contributed by atoms with Gasteiger partial charge in [-0.2, -0.15) is 18.8 Å². The van der Waals surface area contributed by atoms with Crippen LogP contribution < -0.4 is 10.7 Å². The van der Waals surface area contributed by atoms with E-state index in [1.165, 1.54) is 28.9 Å². The van der Waals surface area contributed by atoms with Crippen LogP contribution in [0.3, 0.4) is 0 Å². The van der Waals surface area contributed by atoms with E-state index < -0.39 is 20.6 Å². The first kappa shape index (κ1) is 24.3. The molecule has 0 aliphatic heterocycles. The molecule has 2 N–H and O–H groups in total. The first-order valence-electron chi connectivity index (χ1n) is 10.4. The van der Waals surface area contributed by atoms with Gasteiger partial charge in [0.25, 0.3) is 15.7 Å². The Balaban J connectivity index is 1.70. The second-order valence-corrected chi connectivity index (χ2v) is 9.55. The summed E-state index contributed by atoms with van der Waals surface area (Å²) >= 11 is 0. The number of nitrogens with two attached hydrogens (primary N) is 1. The van der Waals surface area contributed by atoms with Crippen molar-refractivity contribution in [1.29, 1.82) is 5.26 Å². The van der Waals surface area contributed by atoms with Crippen LogP contribution in [0.5, 0.6) is 0 Å². The van der Waals surface area contributed by atoms with E-state index in [2.05, 4.69) is 10.1 Å². The molecule has 0 atom stereocenters. The number of hydrazine groups is 1. The van der Waals surface area contributed by atoms with Crippen LogP contribution in [0, 0.1) is 21.4 Å². The number of nitriles is 1. The van der Waals surface area contributed by atoms with E-state index in [-0.39, 0.29) is 10.6 Å². The number of sulfonamides is 1. The highest BCUT2D eigenvalue weighted by Crippen LogP contribution is 2.31. The smallest absolute Gasteiger partial charge is 0.279 e. The lowest BCUT2D eigenvalue weighted by atomic mass is 10.2. The van der Waals surface area contributed by atoms with Gasteiger partial charge in [0, 0.05) is 56.1 Å². The summed E-state index contributed by atoms with van der Waals surface area (Å²) in [4.78, 5) is 16.1. The lowest BCUT2D eigenvalue weighted by molar-refractivity contribution is -0.385. The highest BCUT2D eigenvalue weighted by molar-refractivity contribution is 7.89. The molecule has 36 heavy (non-hydrogen) atoms. The molecule has 0 saturated heterocycles. The Morgan fingerprint density at radius 3 is 2.75 bits per heavy atom. The third kappa shape index (κ3) is 4.85. The molecule has 182 valence electrons. The van der Waals surface area contributed by atoms with Crippen molar-refractivity contribution in [3.8, 4) is 6.07 Å². The zero-order valence-electron chi connectivity index (χ0n) is 19.0. The Morgan fingerprint density at radius 1 is 1.25 bits per heavy atom. The van der Waals surface area contributed by atoms with Crippen molar-refractivity contribution in [2.24, 2.45) is 5.84 Å². The molecule has 0 amide bonds. The largest absolute Gasteiger partial charge is 0.369 e. The Bertz CT molecular complexity index is 1610. The highest BCUT2D eigenvalue weighted by Gasteiger charge is 2.27. The van der Waals surface area contributed by atoms with Gasteiger partial charge >= 0.3 is 0 Å². The van der Waals surface area contributed by atoms with Gasteiger partial charge in [-0.1, -0.05) is 6.07 Å². The van der Waals surface area contributed by atoms with Gasteiger partial charge in [-0.15, -0.1) is 0 Å². The Kier molecular flexibility index (Phi) is 6.64. The van der Waals surface area contributed by atoms with Crippen molar-refractivity contribution in [2.75, 3.05) is 11.9 Å². The predicted octanol–water partition coefficient (Wildman–Crippen LogP) is 2.68. The highest BCUT2D eigenvalue weighted by atomic mass is 32.2. The standard InChI is InChI=1S/C23H20N8O4S/c1-28(16-18-3-2-8-26-14-18)21-5-4-20(31(32)33)12-23(21)36(34,35)30(25)10-7-19-15-27-29-9-6-17(13-24)11-22(19)29/h2-12,14-15H,16,25H2,1H3. The summed E-state index contributed by atoms with van der Waals surface area (Å²) in [5, 5.41) is 24.7. The maximum absolute atomic E-state index is 13.4. The topological polar surface area (TPSA) is 164 Å². The summed E-state index contributed by atoms with van der Waals surface area (Å²) in [6.07, 6.45) is 8.91. The number of pyridine rings is 2. The van der Waals surface area contributed by atoms with E-state index in [0.29, 0.717) is 27.6 Å². The summed E-state index contributed by atoms with van der Waals surface area (Å²) < 4.78 is 28.9. The number of nitro groups is 1. The fraction of sp³-hybridized carbons (Fsp3) is 0.0870. The van der Waals surface area contributed by atoms with Crippen LogP contribution in [-0.2, 0) is 16.6 Å². The van der Waals surface area contributed by atoms with Gasteiger partial charge < -0.3 is 4.90 Å². The van der Waals surface area contributed by atoms with Gasteiger partial charge in [-0.05, 0) is 35.9 Å². The van der Waals surface area contributed by atoms with Gasteiger partial charge in [0.15, 0.2) is 0 Å². The lowest BCUT2D eigenvalue weighted by Crippen LogP contribution is -2.33. The Morgan fingerprint density at radius 2 is 2.06 bits per heavy atom. The van der Waals surface area contributed by atoms with Crippen LogP contribution in [-0.4, -0.2) is 39.4 Å². The average Bonchev–Trinajstić information content (AvgIpc) is 3.29. The van der Waals surface area contributed by atoms with Crippen LogP contribution in [0.15, 0.2) is 78.3 Å². The molecule has 0 bridgehead atoms. The molecule has 13 heteroatoms. The first-order chi connectivity index (χ1) is 17.2. The van der Waals surface area contributed by atoms with Crippen molar-refractivity contribution in [3.05, 3.63) is 100 Å². The number of nitro benzene ring substituents is 1. The zero-order valence-corrected chi connectivity index (χ0v) is 19.8. The minimum absolute atomic E-state index is 0.225. The molecule has 4 aromatic rings. The Labute approximate surface area is 206 Å². The number of anilines is 1. The molecule has 3 aromatic heterocycles. The maximum atomic E-state index is 13.4. The van der Waals surface area contributed by atoms with Crippen molar-refractivity contribution in [1.82, 2.24) is 19.0 Å². The molecule has 4 rings (SSSR count). The minimum Gasteiger partial charge on any atom is -0.369 e. The van der Waals surface area contributed by atoms with Crippen LogP contribution >= 0.6 is 0 Å². The van der Waals surface area contributed by atoms with Crippen LogP contribution in [0.4, 0.5) is 11.4 Å². The predicted molar refractivity (Wildman–Crippen MR) is 132 cm³/mol. The molecular formula is C23H20N8O4S. The van der Waals surface area contributed by atoms with Crippen LogP contribution in [0.2, 0.25) is 0 Å². The number of aromatic nitrogens is 3. The fourth-order valence-electron chi connectivity index (χ4n) is 3.53. The quantitative estimate of drug-likeness (QED) is 0.216. The van der Waals surface area contributed by atoms with Gasteiger partial charge in [0.05, 0.1) is 34.0 Å². The third-order valence-electron chi connectivity index (χ3n) is 5.34.